The average molecular weight is 857 g/mol. The molecule has 0 bridgehead atoms. The molecule has 0 unspecified atom stereocenters. The van der Waals surface area contributed by atoms with E-state index in [2.05, 4.69) is 223 Å². The van der Waals surface area contributed by atoms with Crippen LogP contribution in [0.25, 0.3) is 76.2 Å². The lowest BCUT2D eigenvalue weighted by atomic mass is 9.84. The van der Waals surface area contributed by atoms with E-state index in [0.29, 0.717) is 0 Å². The normalized spacial score (nSPS) is 12.2. The molecule has 0 spiro atoms. The minimum atomic E-state index is 0.249. The first kappa shape index (κ1) is 40.0. The molecule has 4 nitrogen and oxygen atoms in total. The summed E-state index contributed by atoms with van der Waals surface area (Å²) < 4.78 is 13.7. The standard InChI is InChI=1S/C62H52N2O2/c1-35(2)51-33-55(63(41-25-23-37(5)39(7)31-41)53-19-13-17-47-43-15-9-11-21-57(43)65-61(47)53)49-30-28-46-52(36(3)4)34-56(50-29-27-45(51)59(49)60(46)50)64(42-26-24-38(6)40(8)32-42)54-20-14-18-48-44-16-10-12-22-58(44)66-62(48)54/h9-36H,1-8H3. The first-order valence-corrected chi connectivity index (χ1v) is 23.4. The largest absolute Gasteiger partial charge is 0.454 e. The van der Waals surface area contributed by atoms with E-state index in [1.54, 1.807) is 0 Å². The highest BCUT2D eigenvalue weighted by molar-refractivity contribution is 6.30. The van der Waals surface area contributed by atoms with Crippen molar-refractivity contribution in [1.29, 1.82) is 0 Å². The van der Waals surface area contributed by atoms with Crippen LogP contribution in [-0.2, 0) is 0 Å². The molecule has 66 heavy (non-hydrogen) atoms. The Kier molecular flexibility index (Phi) is 9.09. The third-order valence-electron chi connectivity index (χ3n) is 14.4. The number of fused-ring (bicyclic) bond motifs is 6. The number of furan rings is 2. The van der Waals surface area contributed by atoms with Crippen LogP contribution in [-0.4, -0.2) is 0 Å². The molecule has 0 saturated heterocycles. The van der Waals surface area contributed by atoms with Crippen LogP contribution in [0.5, 0.6) is 0 Å². The van der Waals surface area contributed by atoms with E-state index in [9.17, 15) is 0 Å². The van der Waals surface area contributed by atoms with E-state index >= 15 is 0 Å². The zero-order chi connectivity index (χ0) is 45.1. The Morgan fingerprint density at radius 2 is 0.727 bits per heavy atom. The summed E-state index contributed by atoms with van der Waals surface area (Å²) in [5.41, 5.74) is 17.6. The Balaban J connectivity index is 1.22. The van der Waals surface area contributed by atoms with Gasteiger partial charge in [-0.1, -0.05) is 125 Å². The molecular weight excluding hydrogens is 805 g/mol. The van der Waals surface area contributed by atoms with Gasteiger partial charge in [0, 0.05) is 43.7 Å². The lowest BCUT2D eigenvalue weighted by molar-refractivity contribution is 0.668. The van der Waals surface area contributed by atoms with Gasteiger partial charge in [-0.15, -0.1) is 0 Å². The molecule has 0 amide bonds. The first-order valence-electron chi connectivity index (χ1n) is 23.4. The van der Waals surface area contributed by atoms with E-state index in [-0.39, 0.29) is 11.8 Å². The van der Waals surface area contributed by atoms with Crippen molar-refractivity contribution in [2.24, 2.45) is 0 Å². The highest BCUT2D eigenvalue weighted by Crippen LogP contribution is 2.53. The Morgan fingerprint density at radius 1 is 0.333 bits per heavy atom. The molecule has 12 rings (SSSR count). The van der Waals surface area contributed by atoms with Crippen molar-refractivity contribution < 1.29 is 8.83 Å². The second kappa shape index (κ2) is 15.0. The number of rotatable bonds is 8. The maximum absolute atomic E-state index is 6.84. The van der Waals surface area contributed by atoms with Gasteiger partial charge in [-0.05, 0) is 155 Å². The van der Waals surface area contributed by atoms with E-state index < -0.39 is 0 Å². The van der Waals surface area contributed by atoms with Gasteiger partial charge in [0.1, 0.15) is 11.2 Å². The predicted octanol–water partition coefficient (Wildman–Crippen LogP) is 18.8. The zero-order valence-corrected chi connectivity index (χ0v) is 38.9. The molecule has 0 aliphatic rings. The minimum Gasteiger partial charge on any atom is -0.454 e. The lowest BCUT2D eigenvalue weighted by Gasteiger charge is -2.32. The fourth-order valence-electron chi connectivity index (χ4n) is 10.7. The molecule has 12 aromatic rings. The van der Waals surface area contributed by atoms with Gasteiger partial charge < -0.3 is 18.6 Å². The van der Waals surface area contributed by atoms with Crippen LogP contribution in [0.3, 0.4) is 0 Å². The minimum absolute atomic E-state index is 0.249. The first-order chi connectivity index (χ1) is 32.0. The number of para-hydroxylation sites is 4. The van der Waals surface area contributed by atoms with Gasteiger partial charge in [0.2, 0.25) is 0 Å². The summed E-state index contributed by atoms with van der Waals surface area (Å²) >= 11 is 0. The maximum atomic E-state index is 6.84. The molecule has 322 valence electrons. The fraction of sp³-hybridized carbons (Fsp3) is 0.161. The van der Waals surface area contributed by atoms with Crippen LogP contribution >= 0.6 is 0 Å². The number of nitrogens with zero attached hydrogens (tertiary/aromatic N) is 2. The highest BCUT2D eigenvalue weighted by atomic mass is 16.3. The number of aryl methyl sites for hydroxylation is 4. The topological polar surface area (TPSA) is 32.8 Å². The van der Waals surface area contributed by atoms with Gasteiger partial charge in [-0.3, -0.25) is 0 Å². The summed E-state index contributed by atoms with van der Waals surface area (Å²) in [7, 11) is 0. The monoisotopic (exact) mass is 856 g/mol. The van der Waals surface area contributed by atoms with Gasteiger partial charge >= 0.3 is 0 Å². The molecule has 0 aliphatic heterocycles. The number of benzene rings is 10. The van der Waals surface area contributed by atoms with Crippen LogP contribution in [0.2, 0.25) is 0 Å². The summed E-state index contributed by atoms with van der Waals surface area (Å²) in [5, 5.41) is 12.0. The van der Waals surface area contributed by atoms with Gasteiger partial charge in [-0.25, -0.2) is 0 Å². The van der Waals surface area contributed by atoms with Crippen molar-refractivity contribution in [1.82, 2.24) is 0 Å². The van der Waals surface area contributed by atoms with Gasteiger partial charge in [0.15, 0.2) is 11.2 Å². The van der Waals surface area contributed by atoms with Crippen LogP contribution in [0.15, 0.2) is 167 Å². The quantitative estimate of drug-likeness (QED) is 0.143. The maximum Gasteiger partial charge on any atom is 0.159 e. The molecule has 0 N–H and O–H groups in total. The van der Waals surface area contributed by atoms with Crippen LogP contribution in [0, 0.1) is 27.7 Å². The summed E-state index contributed by atoms with van der Waals surface area (Å²) in [4.78, 5) is 4.92. The Bertz CT molecular complexity index is 3650. The molecule has 0 fully saturated rings. The zero-order valence-electron chi connectivity index (χ0n) is 38.9. The predicted molar refractivity (Wildman–Crippen MR) is 281 cm³/mol. The summed E-state index contributed by atoms with van der Waals surface area (Å²) in [5.74, 6) is 0.498. The molecular formula is C62H52N2O2. The second-order valence-electron chi connectivity index (χ2n) is 19.1. The smallest absolute Gasteiger partial charge is 0.159 e. The third kappa shape index (κ3) is 5.97. The Morgan fingerprint density at radius 3 is 1.14 bits per heavy atom. The van der Waals surface area contributed by atoms with Crippen LogP contribution < -0.4 is 9.80 Å². The van der Waals surface area contributed by atoms with Crippen LogP contribution in [0.4, 0.5) is 34.1 Å². The summed E-state index contributed by atoms with van der Waals surface area (Å²) in [6, 6.07) is 58.1. The molecule has 0 saturated carbocycles. The third-order valence-corrected chi connectivity index (χ3v) is 14.4. The molecule has 0 radical (unpaired) electrons. The molecule has 2 heterocycles. The van der Waals surface area contributed by atoms with Crippen molar-refractivity contribution in [3.05, 3.63) is 191 Å². The number of hydrogen-bond donors (Lipinski definition) is 0. The van der Waals surface area contributed by atoms with Gasteiger partial charge in [0.25, 0.3) is 0 Å². The summed E-state index contributed by atoms with van der Waals surface area (Å²) in [6.07, 6.45) is 0. The van der Waals surface area contributed by atoms with E-state index in [1.807, 2.05) is 0 Å². The lowest BCUT2D eigenvalue weighted by Crippen LogP contribution is -2.13. The Labute approximate surface area is 385 Å². The van der Waals surface area contributed by atoms with Crippen molar-refractivity contribution in [2.75, 3.05) is 9.80 Å². The van der Waals surface area contributed by atoms with Crippen molar-refractivity contribution in [3.8, 4) is 0 Å². The van der Waals surface area contributed by atoms with Crippen molar-refractivity contribution in [2.45, 2.75) is 67.2 Å². The van der Waals surface area contributed by atoms with Crippen LogP contribution in [0.1, 0.15) is 72.9 Å². The molecule has 0 atom stereocenters. The molecule has 4 heteroatoms. The average Bonchev–Trinajstić information content (AvgIpc) is 3.90. The molecule has 10 aromatic carbocycles. The van der Waals surface area contributed by atoms with Gasteiger partial charge in [0.05, 0.1) is 22.7 Å². The van der Waals surface area contributed by atoms with Crippen molar-refractivity contribution >= 4 is 110 Å². The SMILES string of the molecule is Cc1ccc(N(c2cc(C(C)C)c3ccc4c(N(c5ccc(C)c(C)c5)c5cccc6c5oc5ccccc56)cc(C(C)C)c5ccc2c3c54)c2cccc3c2oc2ccccc23)cc1C. The Hall–Kier alpha value is -7.56. The number of hydrogen-bond acceptors (Lipinski definition) is 4. The van der Waals surface area contributed by atoms with E-state index in [4.69, 9.17) is 8.83 Å². The second-order valence-corrected chi connectivity index (χ2v) is 19.1. The van der Waals surface area contributed by atoms with Gasteiger partial charge in [-0.2, -0.15) is 0 Å². The number of anilines is 6. The van der Waals surface area contributed by atoms with Crippen molar-refractivity contribution in [3.63, 3.8) is 0 Å². The van der Waals surface area contributed by atoms with E-state index in [1.165, 1.54) is 65.7 Å². The van der Waals surface area contributed by atoms with E-state index in [0.717, 1.165) is 78.0 Å². The fourth-order valence-corrected chi connectivity index (χ4v) is 10.7. The molecule has 0 aliphatic carbocycles. The highest BCUT2D eigenvalue weighted by Gasteiger charge is 2.28. The summed E-state index contributed by atoms with van der Waals surface area (Å²) in [6.45, 7) is 18.1. The molecule has 2 aromatic heterocycles.